The minimum atomic E-state index is -0.0357. The number of carbonyl (C=O) groups is 1. The Morgan fingerprint density at radius 2 is 2.35 bits per heavy atom. The summed E-state index contributed by atoms with van der Waals surface area (Å²) in [6.07, 6.45) is 0.788. The van der Waals surface area contributed by atoms with Crippen LogP contribution in [0, 0.1) is 6.92 Å². The molecule has 4 heteroatoms. The summed E-state index contributed by atoms with van der Waals surface area (Å²) >= 11 is 0. The highest BCUT2D eigenvalue weighted by molar-refractivity contribution is 5.78. The maximum Gasteiger partial charge on any atom is 0.246 e. The Morgan fingerprint density at radius 1 is 1.53 bits per heavy atom. The van der Waals surface area contributed by atoms with Crippen LogP contribution in [-0.2, 0) is 16.0 Å². The zero-order valence-electron chi connectivity index (χ0n) is 10.2. The molecule has 1 saturated heterocycles. The fourth-order valence-corrected chi connectivity index (χ4v) is 2.07. The van der Waals surface area contributed by atoms with Gasteiger partial charge in [0, 0.05) is 0 Å². The third-order valence-corrected chi connectivity index (χ3v) is 2.86. The standard InChI is InChI=1S/C13H17NO3/c1-9-5-10(3-4-12(9)16-2)6-11-7-17-8-13(15)14-11/h3-5,11H,6-8H2,1-2H3,(H,14,15). The van der Waals surface area contributed by atoms with Crippen molar-refractivity contribution >= 4 is 5.91 Å². The molecule has 92 valence electrons. The Labute approximate surface area is 101 Å². The molecule has 0 saturated carbocycles. The molecule has 1 atom stereocenters. The van der Waals surface area contributed by atoms with Crippen LogP contribution in [-0.4, -0.2) is 32.3 Å². The van der Waals surface area contributed by atoms with E-state index >= 15 is 0 Å². The highest BCUT2D eigenvalue weighted by Gasteiger charge is 2.18. The number of rotatable bonds is 3. The summed E-state index contributed by atoms with van der Waals surface area (Å²) in [5.41, 5.74) is 2.28. The molecule has 1 heterocycles. The first-order chi connectivity index (χ1) is 8.19. The Bertz CT molecular complexity index is 417. The summed E-state index contributed by atoms with van der Waals surface area (Å²) in [5.74, 6) is 0.851. The molecule has 0 aliphatic carbocycles. The lowest BCUT2D eigenvalue weighted by Crippen LogP contribution is -2.46. The predicted octanol–water partition coefficient (Wildman–Crippen LogP) is 1.06. The van der Waals surface area contributed by atoms with Gasteiger partial charge in [0.25, 0.3) is 0 Å². The van der Waals surface area contributed by atoms with Gasteiger partial charge in [0.1, 0.15) is 12.4 Å². The Kier molecular flexibility index (Phi) is 3.64. The average Bonchev–Trinajstić information content (AvgIpc) is 2.29. The Balaban J connectivity index is 2.03. The molecule has 2 rings (SSSR count). The zero-order chi connectivity index (χ0) is 12.3. The van der Waals surface area contributed by atoms with E-state index in [4.69, 9.17) is 9.47 Å². The van der Waals surface area contributed by atoms with Crippen molar-refractivity contribution in [2.45, 2.75) is 19.4 Å². The number of hydrogen-bond donors (Lipinski definition) is 1. The van der Waals surface area contributed by atoms with Gasteiger partial charge < -0.3 is 14.8 Å². The number of carbonyl (C=O) groups excluding carboxylic acids is 1. The average molecular weight is 235 g/mol. The number of hydrogen-bond acceptors (Lipinski definition) is 3. The second-order valence-electron chi connectivity index (χ2n) is 4.29. The van der Waals surface area contributed by atoms with E-state index in [0.717, 1.165) is 17.7 Å². The minimum Gasteiger partial charge on any atom is -0.496 e. The molecule has 1 fully saturated rings. The molecule has 0 spiro atoms. The maximum absolute atomic E-state index is 11.2. The number of benzene rings is 1. The van der Waals surface area contributed by atoms with E-state index in [0.29, 0.717) is 6.61 Å². The fourth-order valence-electron chi connectivity index (χ4n) is 2.07. The number of nitrogens with one attached hydrogen (secondary N) is 1. The SMILES string of the molecule is COc1ccc(CC2COCC(=O)N2)cc1C. The van der Waals surface area contributed by atoms with Crippen molar-refractivity contribution in [1.29, 1.82) is 0 Å². The summed E-state index contributed by atoms with van der Waals surface area (Å²) in [7, 11) is 1.66. The second-order valence-corrected chi connectivity index (χ2v) is 4.29. The van der Waals surface area contributed by atoms with Gasteiger partial charge in [0.15, 0.2) is 0 Å². The molecule has 17 heavy (non-hydrogen) atoms. The normalized spacial score (nSPS) is 19.9. The van der Waals surface area contributed by atoms with Crippen molar-refractivity contribution in [2.24, 2.45) is 0 Å². The molecule has 0 bridgehead atoms. The van der Waals surface area contributed by atoms with Gasteiger partial charge in [-0.3, -0.25) is 4.79 Å². The number of ether oxygens (including phenoxy) is 2. The maximum atomic E-state index is 11.2. The van der Waals surface area contributed by atoms with Crippen molar-refractivity contribution in [1.82, 2.24) is 5.32 Å². The van der Waals surface area contributed by atoms with Gasteiger partial charge in [-0.05, 0) is 30.5 Å². The van der Waals surface area contributed by atoms with Crippen LogP contribution in [0.3, 0.4) is 0 Å². The lowest BCUT2D eigenvalue weighted by molar-refractivity contribution is -0.131. The first-order valence-electron chi connectivity index (χ1n) is 5.69. The lowest BCUT2D eigenvalue weighted by Gasteiger charge is -2.23. The molecule has 1 aliphatic heterocycles. The van der Waals surface area contributed by atoms with Crippen LogP contribution in [0.4, 0.5) is 0 Å². The zero-order valence-corrected chi connectivity index (χ0v) is 10.2. The van der Waals surface area contributed by atoms with E-state index < -0.39 is 0 Å². The molecule has 0 radical (unpaired) electrons. The molecular formula is C13H17NO3. The van der Waals surface area contributed by atoms with Crippen LogP contribution in [0.1, 0.15) is 11.1 Å². The molecule has 4 nitrogen and oxygen atoms in total. The first kappa shape index (κ1) is 11.9. The smallest absolute Gasteiger partial charge is 0.246 e. The number of morpholine rings is 1. The van der Waals surface area contributed by atoms with Crippen molar-refractivity contribution in [3.8, 4) is 5.75 Å². The van der Waals surface area contributed by atoms with Crippen LogP contribution < -0.4 is 10.1 Å². The van der Waals surface area contributed by atoms with Gasteiger partial charge in [-0.2, -0.15) is 0 Å². The number of methoxy groups -OCH3 is 1. The van der Waals surface area contributed by atoms with Crippen LogP contribution in [0.2, 0.25) is 0 Å². The molecule has 1 amide bonds. The molecule has 1 aliphatic rings. The van der Waals surface area contributed by atoms with Crippen molar-refractivity contribution < 1.29 is 14.3 Å². The third-order valence-electron chi connectivity index (χ3n) is 2.86. The van der Waals surface area contributed by atoms with Gasteiger partial charge in [0.2, 0.25) is 5.91 Å². The van der Waals surface area contributed by atoms with E-state index in [1.54, 1.807) is 7.11 Å². The summed E-state index contributed by atoms with van der Waals surface area (Å²) in [6, 6.07) is 6.13. The first-order valence-corrected chi connectivity index (χ1v) is 5.69. The third kappa shape index (κ3) is 2.97. The van der Waals surface area contributed by atoms with Crippen LogP contribution >= 0.6 is 0 Å². The van der Waals surface area contributed by atoms with Gasteiger partial charge in [-0.25, -0.2) is 0 Å². The van der Waals surface area contributed by atoms with Gasteiger partial charge >= 0.3 is 0 Å². The topological polar surface area (TPSA) is 47.6 Å². The molecule has 1 aromatic carbocycles. The van der Waals surface area contributed by atoms with Crippen molar-refractivity contribution in [2.75, 3.05) is 20.3 Å². The van der Waals surface area contributed by atoms with E-state index in [-0.39, 0.29) is 18.6 Å². The van der Waals surface area contributed by atoms with E-state index in [2.05, 4.69) is 11.4 Å². The molecule has 1 unspecified atom stereocenters. The Morgan fingerprint density at radius 3 is 3.00 bits per heavy atom. The highest BCUT2D eigenvalue weighted by atomic mass is 16.5. The van der Waals surface area contributed by atoms with E-state index in [1.165, 1.54) is 5.56 Å². The number of aryl methyl sites for hydroxylation is 1. The molecule has 0 aromatic heterocycles. The second kappa shape index (κ2) is 5.19. The largest absolute Gasteiger partial charge is 0.496 e. The Hall–Kier alpha value is -1.55. The van der Waals surface area contributed by atoms with Crippen LogP contribution in [0.25, 0.3) is 0 Å². The number of amides is 1. The monoisotopic (exact) mass is 235 g/mol. The quantitative estimate of drug-likeness (QED) is 0.852. The van der Waals surface area contributed by atoms with Crippen LogP contribution in [0.5, 0.6) is 5.75 Å². The highest BCUT2D eigenvalue weighted by Crippen LogP contribution is 2.19. The summed E-state index contributed by atoms with van der Waals surface area (Å²) < 4.78 is 10.4. The molecular weight excluding hydrogens is 218 g/mol. The predicted molar refractivity (Wildman–Crippen MR) is 64.2 cm³/mol. The molecule has 1 N–H and O–H groups in total. The van der Waals surface area contributed by atoms with Crippen LogP contribution in [0.15, 0.2) is 18.2 Å². The van der Waals surface area contributed by atoms with Gasteiger partial charge in [0.05, 0.1) is 19.8 Å². The fraction of sp³-hybridized carbons (Fsp3) is 0.462. The van der Waals surface area contributed by atoms with E-state index in [1.807, 2.05) is 19.1 Å². The van der Waals surface area contributed by atoms with Gasteiger partial charge in [-0.15, -0.1) is 0 Å². The minimum absolute atomic E-state index is 0.0357. The summed E-state index contributed by atoms with van der Waals surface area (Å²) in [6.45, 7) is 2.77. The van der Waals surface area contributed by atoms with E-state index in [9.17, 15) is 4.79 Å². The van der Waals surface area contributed by atoms with Gasteiger partial charge in [-0.1, -0.05) is 12.1 Å². The summed E-state index contributed by atoms with van der Waals surface area (Å²) in [4.78, 5) is 11.2. The summed E-state index contributed by atoms with van der Waals surface area (Å²) in [5, 5.41) is 2.92. The lowest BCUT2D eigenvalue weighted by atomic mass is 10.0. The van der Waals surface area contributed by atoms with Crippen molar-refractivity contribution in [3.63, 3.8) is 0 Å². The molecule has 1 aromatic rings. The van der Waals surface area contributed by atoms with Crippen molar-refractivity contribution in [3.05, 3.63) is 29.3 Å².